The minimum Gasteiger partial charge on any atom is -0.339 e. The van der Waals surface area contributed by atoms with Crippen LogP contribution in [0, 0.1) is 5.92 Å². The Morgan fingerprint density at radius 2 is 2.00 bits per heavy atom. The number of carbonyl (C=O) groups excluding carboxylic acids is 2. The molecule has 2 amide bonds. The fourth-order valence-corrected chi connectivity index (χ4v) is 4.37. The first-order chi connectivity index (χ1) is 10.2. The van der Waals surface area contributed by atoms with Crippen LogP contribution in [0.25, 0.3) is 0 Å². The zero-order valence-electron chi connectivity index (χ0n) is 12.6. The molecule has 21 heavy (non-hydrogen) atoms. The van der Waals surface area contributed by atoms with Gasteiger partial charge in [0.05, 0.1) is 0 Å². The molecular weight excluding hydrogens is 264 g/mol. The van der Waals surface area contributed by atoms with Crippen LogP contribution in [0.5, 0.6) is 0 Å². The van der Waals surface area contributed by atoms with E-state index in [-0.39, 0.29) is 5.91 Å². The molecule has 2 atom stereocenters. The van der Waals surface area contributed by atoms with E-state index < -0.39 is 0 Å². The van der Waals surface area contributed by atoms with Crippen LogP contribution in [0.2, 0.25) is 0 Å². The van der Waals surface area contributed by atoms with Gasteiger partial charge in [-0.25, -0.2) is 0 Å². The Kier molecular flexibility index (Phi) is 3.27. The monoisotopic (exact) mass is 288 g/mol. The number of hydrogen-bond acceptors (Lipinski definition) is 2. The van der Waals surface area contributed by atoms with Gasteiger partial charge in [0.25, 0.3) is 0 Å². The summed E-state index contributed by atoms with van der Waals surface area (Å²) in [4.78, 5) is 29.0. The number of amides is 2. The predicted octanol–water partition coefficient (Wildman–Crippen LogP) is 2.10. The average molecular weight is 288 g/mol. The first-order valence-corrected chi connectivity index (χ1v) is 8.53. The highest BCUT2D eigenvalue weighted by Crippen LogP contribution is 2.39. The SMILES string of the molecule is O=C(C1=CCCC1)N1CCC2C(CCC(=O)N2C2CC2)C1. The summed E-state index contributed by atoms with van der Waals surface area (Å²) < 4.78 is 0. The van der Waals surface area contributed by atoms with Gasteiger partial charge >= 0.3 is 0 Å². The van der Waals surface area contributed by atoms with Gasteiger partial charge in [-0.3, -0.25) is 9.59 Å². The van der Waals surface area contributed by atoms with Gasteiger partial charge in [-0.1, -0.05) is 6.08 Å². The molecule has 2 aliphatic carbocycles. The van der Waals surface area contributed by atoms with Crippen LogP contribution in [0.3, 0.4) is 0 Å². The van der Waals surface area contributed by atoms with Crippen LogP contribution in [-0.4, -0.2) is 46.8 Å². The Balaban J connectivity index is 1.45. The number of piperidine rings is 2. The third-order valence-electron chi connectivity index (χ3n) is 5.61. The summed E-state index contributed by atoms with van der Waals surface area (Å²) >= 11 is 0. The van der Waals surface area contributed by atoms with Crippen molar-refractivity contribution >= 4 is 11.8 Å². The summed E-state index contributed by atoms with van der Waals surface area (Å²) in [6, 6.07) is 0.922. The highest BCUT2D eigenvalue weighted by molar-refractivity contribution is 5.94. The van der Waals surface area contributed by atoms with Crippen LogP contribution in [0.4, 0.5) is 0 Å². The Bertz CT molecular complexity index is 495. The van der Waals surface area contributed by atoms with Crippen molar-refractivity contribution in [3.63, 3.8) is 0 Å². The normalized spacial score (nSPS) is 33.0. The van der Waals surface area contributed by atoms with Crippen LogP contribution in [-0.2, 0) is 9.59 Å². The number of nitrogens with zero attached hydrogens (tertiary/aromatic N) is 2. The summed E-state index contributed by atoms with van der Waals surface area (Å²) in [7, 11) is 0. The van der Waals surface area contributed by atoms with Gasteiger partial charge in [0.2, 0.25) is 11.8 Å². The molecule has 0 aromatic carbocycles. The number of allylic oxidation sites excluding steroid dienone is 1. The van der Waals surface area contributed by atoms with E-state index in [0.29, 0.717) is 30.3 Å². The topological polar surface area (TPSA) is 40.6 Å². The van der Waals surface area contributed by atoms with Gasteiger partial charge in [0, 0.05) is 37.2 Å². The molecule has 2 saturated heterocycles. The summed E-state index contributed by atoms with van der Waals surface area (Å²) in [5.74, 6) is 1.13. The van der Waals surface area contributed by atoms with Gasteiger partial charge in [0.15, 0.2) is 0 Å². The van der Waals surface area contributed by atoms with Crippen molar-refractivity contribution < 1.29 is 9.59 Å². The molecule has 2 aliphatic heterocycles. The van der Waals surface area contributed by atoms with E-state index in [9.17, 15) is 9.59 Å². The van der Waals surface area contributed by atoms with E-state index >= 15 is 0 Å². The number of fused-ring (bicyclic) bond motifs is 1. The Morgan fingerprint density at radius 3 is 2.71 bits per heavy atom. The van der Waals surface area contributed by atoms with E-state index in [1.807, 2.05) is 0 Å². The summed E-state index contributed by atoms with van der Waals surface area (Å²) in [6.45, 7) is 1.69. The van der Waals surface area contributed by atoms with Crippen molar-refractivity contribution in [2.45, 2.75) is 63.5 Å². The number of hydrogen-bond donors (Lipinski definition) is 0. The molecule has 4 rings (SSSR count). The number of rotatable bonds is 2. The Hall–Kier alpha value is -1.32. The maximum absolute atomic E-state index is 12.5. The van der Waals surface area contributed by atoms with Crippen LogP contribution >= 0.6 is 0 Å². The fourth-order valence-electron chi connectivity index (χ4n) is 4.37. The summed E-state index contributed by atoms with van der Waals surface area (Å²) in [6.07, 6.45) is 10.3. The molecule has 0 aromatic heterocycles. The van der Waals surface area contributed by atoms with E-state index in [1.165, 1.54) is 12.8 Å². The largest absolute Gasteiger partial charge is 0.339 e. The Labute approximate surface area is 126 Å². The average Bonchev–Trinajstić information content (AvgIpc) is 3.18. The number of likely N-dealkylation sites (tertiary alicyclic amines) is 2. The lowest BCUT2D eigenvalue weighted by atomic mass is 9.83. The van der Waals surface area contributed by atoms with Crippen molar-refractivity contribution in [3.8, 4) is 0 Å². The second-order valence-corrected chi connectivity index (χ2v) is 7.06. The molecule has 2 unspecified atom stereocenters. The van der Waals surface area contributed by atoms with Gasteiger partial charge in [0.1, 0.15) is 0 Å². The van der Waals surface area contributed by atoms with Gasteiger partial charge in [-0.15, -0.1) is 0 Å². The molecule has 4 nitrogen and oxygen atoms in total. The third-order valence-corrected chi connectivity index (χ3v) is 5.61. The lowest BCUT2D eigenvalue weighted by Crippen LogP contribution is -2.57. The minimum absolute atomic E-state index is 0.265. The third kappa shape index (κ3) is 2.39. The van der Waals surface area contributed by atoms with Crippen LogP contribution in [0.1, 0.15) is 51.4 Å². The molecule has 4 heteroatoms. The first-order valence-electron chi connectivity index (χ1n) is 8.53. The van der Waals surface area contributed by atoms with Crippen LogP contribution in [0.15, 0.2) is 11.6 Å². The minimum atomic E-state index is 0.265. The van der Waals surface area contributed by atoms with Crippen molar-refractivity contribution in [2.24, 2.45) is 5.92 Å². The first kappa shape index (κ1) is 13.4. The van der Waals surface area contributed by atoms with Gasteiger partial charge in [-0.2, -0.15) is 0 Å². The Morgan fingerprint density at radius 1 is 1.14 bits per heavy atom. The number of carbonyl (C=O) groups is 2. The zero-order chi connectivity index (χ0) is 14.4. The van der Waals surface area contributed by atoms with Crippen LogP contribution < -0.4 is 0 Å². The standard InChI is InChI=1S/C17H24N2O2/c20-16-8-5-13-11-18(17(21)12-3-1-2-4-12)10-9-15(13)19(16)14-6-7-14/h3,13-15H,1-2,4-11H2. The quantitative estimate of drug-likeness (QED) is 0.781. The van der Waals surface area contributed by atoms with Crippen molar-refractivity contribution in [1.82, 2.24) is 9.80 Å². The maximum atomic E-state index is 12.5. The van der Waals surface area contributed by atoms with Gasteiger partial charge in [-0.05, 0) is 50.9 Å². The molecule has 4 aliphatic rings. The summed E-state index contributed by atoms with van der Waals surface area (Å²) in [5, 5.41) is 0. The van der Waals surface area contributed by atoms with E-state index in [0.717, 1.165) is 50.8 Å². The molecule has 2 heterocycles. The highest BCUT2D eigenvalue weighted by atomic mass is 16.2. The van der Waals surface area contributed by atoms with Crippen molar-refractivity contribution in [2.75, 3.05) is 13.1 Å². The predicted molar refractivity (Wildman–Crippen MR) is 79.5 cm³/mol. The highest BCUT2D eigenvalue weighted by Gasteiger charge is 2.45. The lowest BCUT2D eigenvalue weighted by molar-refractivity contribution is -0.144. The zero-order valence-corrected chi connectivity index (χ0v) is 12.6. The molecule has 0 spiro atoms. The molecule has 3 fully saturated rings. The van der Waals surface area contributed by atoms with Crippen molar-refractivity contribution in [3.05, 3.63) is 11.6 Å². The molecule has 0 bridgehead atoms. The lowest BCUT2D eigenvalue weighted by Gasteiger charge is -2.47. The molecular formula is C17H24N2O2. The molecule has 114 valence electrons. The van der Waals surface area contributed by atoms with Gasteiger partial charge < -0.3 is 9.80 Å². The van der Waals surface area contributed by atoms with E-state index in [4.69, 9.17) is 0 Å². The molecule has 1 saturated carbocycles. The smallest absolute Gasteiger partial charge is 0.249 e. The maximum Gasteiger partial charge on any atom is 0.249 e. The molecule has 0 aromatic rings. The second kappa shape index (κ2) is 5.15. The molecule has 0 N–H and O–H groups in total. The van der Waals surface area contributed by atoms with E-state index in [2.05, 4.69) is 15.9 Å². The van der Waals surface area contributed by atoms with E-state index in [1.54, 1.807) is 0 Å². The second-order valence-electron chi connectivity index (χ2n) is 7.06. The fraction of sp³-hybridized carbons (Fsp3) is 0.765. The summed E-state index contributed by atoms with van der Waals surface area (Å²) in [5.41, 5.74) is 1.03. The van der Waals surface area contributed by atoms with Crippen molar-refractivity contribution in [1.29, 1.82) is 0 Å². The molecule has 0 radical (unpaired) electrons.